The standard InChI is InChI=1S/C33H26N2O4S2/c1-21-11-13-24(14-12-21)41(37,38)35-27-10-5-4-9-25(27)28(26-15-16-40-30(26)34-2)29(35)22-7-6-8-23(17-22)32-18-33(19-32,20-32)31(36)39-3/h4-17H,18-20H2,1,3H3. The van der Waals surface area contributed by atoms with Gasteiger partial charge in [0.1, 0.15) is 0 Å². The van der Waals surface area contributed by atoms with Crippen LogP contribution in [0.25, 0.3) is 38.1 Å². The van der Waals surface area contributed by atoms with E-state index in [9.17, 15) is 13.2 Å². The van der Waals surface area contributed by atoms with Gasteiger partial charge in [-0.05, 0) is 66.8 Å². The molecule has 2 bridgehead atoms. The monoisotopic (exact) mass is 578 g/mol. The third kappa shape index (κ3) is 3.59. The lowest BCUT2D eigenvalue weighted by atomic mass is 9.33. The molecule has 0 aliphatic heterocycles. The number of hydrogen-bond donors (Lipinski definition) is 0. The minimum absolute atomic E-state index is 0.110. The van der Waals surface area contributed by atoms with Crippen molar-refractivity contribution >= 4 is 43.2 Å². The first-order chi connectivity index (χ1) is 19.7. The maximum atomic E-state index is 14.5. The molecule has 3 aromatic carbocycles. The number of hydrogen-bond acceptors (Lipinski definition) is 5. The summed E-state index contributed by atoms with van der Waals surface area (Å²) in [6.45, 7) is 9.74. The number of aryl methyl sites for hydroxylation is 1. The number of aromatic nitrogens is 1. The maximum Gasteiger partial charge on any atom is 0.311 e. The molecular weight excluding hydrogens is 553 g/mol. The molecule has 0 amide bonds. The van der Waals surface area contributed by atoms with Gasteiger partial charge in [0, 0.05) is 22.1 Å². The summed E-state index contributed by atoms with van der Waals surface area (Å²) in [6, 6.07) is 24.3. The highest BCUT2D eigenvalue weighted by molar-refractivity contribution is 7.90. The second-order valence-corrected chi connectivity index (χ2v) is 13.9. The summed E-state index contributed by atoms with van der Waals surface area (Å²) in [6.07, 6.45) is 2.21. The number of benzene rings is 3. The van der Waals surface area contributed by atoms with Gasteiger partial charge in [0.2, 0.25) is 5.00 Å². The van der Waals surface area contributed by atoms with Crippen LogP contribution < -0.4 is 0 Å². The Labute approximate surface area is 242 Å². The average Bonchev–Trinajstić information content (AvgIpc) is 3.54. The van der Waals surface area contributed by atoms with Crippen LogP contribution in [0.5, 0.6) is 0 Å². The molecule has 0 radical (unpaired) electrons. The molecule has 41 heavy (non-hydrogen) atoms. The number of ether oxygens (including phenoxy) is 1. The van der Waals surface area contributed by atoms with Gasteiger partial charge in [-0.25, -0.2) is 17.2 Å². The maximum absolute atomic E-state index is 14.5. The molecule has 0 N–H and O–H groups in total. The fourth-order valence-corrected chi connectivity index (χ4v) is 9.14. The van der Waals surface area contributed by atoms with Crippen molar-refractivity contribution in [3.8, 4) is 22.4 Å². The van der Waals surface area contributed by atoms with Crippen molar-refractivity contribution in [1.82, 2.24) is 3.97 Å². The first-order valence-corrected chi connectivity index (χ1v) is 15.7. The van der Waals surface area contributed by atoms with Crippen LogP contribution in [0.15, 0.2) is 89.1 Å². The third-order valence-electron chi connectivity index (χ3n) is 8.80. The Bertz CT molecular complexity index is 2010. The molecule has 5 aromatic rings. The van der Waals surface area contributed by atoms with Crippen molar-refractivity contribution in [3.63, 3.8) is 0 Å². The molecule has 6 nitrogen and oxygen atoms in total. The van der Waals surface area contributed by atoms with E-state index < -0.39 is 10.0 Å². The molecule has 3 aliphatic carbocycles. The van der Waals surface area contributed by atoms with E-state index in [0.717, 1.165) is 52.5 Å². The zero-order valence-corrected chi connectivity index (χ0v) is 24.2. The summed E-state index contributed by atoms with van der Waals surface area (Å²) >= 11 is 1.35. The van der Waals surface area contributed by atoms with E-state index in [1.807, 2.05) is 54.8 Å². The van der Waals surface area contributed by atoms with Gasteiger partial charge < -0.3 is 4.74 Å². The summed E-state index contributed by atoms with van der Waals surface area (Å²) in [5, 5.41) is 3.15. The summed E-state index contributed by atoms with van der Waals surface area (Å²) < 4.78 is 35.4. The summed E-state index contributed by atoms with van der Waals surface area (Å²) in [7, 11) is -2.59. The number of carbonyl (C=O) groups is 1. The smallest absolute Gasteiger partial charge is 0.311 e. The van der Waals surface area contributed by atoms with Crippen LogP contribution in [0.2, 0.25) is 0 Å². The Balaban J connectivity index is 1.49. The van der Waals surface area contributed by atoms with E-state index in [0.29, 0.717) is 16.2 Å². The molecule has 8 heteroatoms. The van der Waals surface area contributed by atoms with Crippen LogP contribution in [-0.2, 0) is 25.0 Å². The molecule has 0 unspecified atom stereocenters. The van der Waals surface area contributed by atoms with Gasteiger partial charge >= 0.3 is 5.97 Å². The number of rotatable bonds is 6. The molecule has 3 saturated carbocycles. The van der Waals surface area contributed by atoms with Crippen LogP contribution in [-0.4, -0.2) is 25.5 Å². The minimum Gasteiger partial charge on any atom is -0.469 e. The normalized spacial score (nSPS) is 21.1. The quantitative estimate of drug-likeness (QED) is 0.153. The highest BCUT2D eigenvalue weighted by Gasteiger charge is 2.72. The van der Waals surface area contributed by atoms with Gasteiger partial charge in [0.05, 0.1) is 35.2 Å². The number of carbonyl (C=O) groups excluding carboxylic acids is 1. The number of para-hydroxylation sites is 1. The van der Waals surface area contributed by atoms with Crippen LogP contribution in [0.1, 0.15) is 30.4 Å². The average molecular weight is 579 g/mol. The van der Waals surface area contributed by atoms with Gasteiger partial charge in [0.25, 0.3) is 10.0 Å². The van der Waals surface area contributed by atoms with Crippen LogP contribution >= 0.6 is 11.3 Å². The number of esters is 1. The van der Waals surface area contributed by atoms with E-state index in [1.165, 1.54) is 22.4 Å². The van der Waals surface area contributed by atoms with Gasteiger partial charge in [-0.1, -0.05) is 60.2 Å². The second-order valence-electron chi connectivity index (χ2n) is 11.2. The molecule has 2 aromatic heterocycles. The summed E-state index contributed by atoms with van der Waals surface area (Å²) in [4.78, 5) is 16.3. The van der Waals surface area contributed by atoms with Crippen molar-refractivity contribution < 1.29 is 17.9 Å². The highest BCUT2D eigenvalue weighted by atomic mass is 32.2. The molecule has 0 atom stereocenters. The van der Waals surface area contributed by atoms with E-state index in [4.69, 9.17) is 11.3 Å². The number of methoxy groups -OCH3 is 1. The van der Waals surface area contributed by atoms with E-state index in [1.54, 1.807) is 24.3 Å². The van der Waals surface area contributed by atoms with E-state index >= 15 is 0 Å². The Morgan fingerprint density at radius 3 is 2.44 bits per heavy atom. The first-order valence-electron chi connectivity index (χ1n) is 13.3. The molecule has 0 saturated heterocycles. The molecule has 3 fully saturated rings. The Kier molecular flexibility index (Phi) is 5.59. The van der Waals surface area contributed by atoms with Crippen molar-refractivity contribution in [2.45, 2.75) is 36.5 Å². The van der Waals surface area contributed by atoms with Gasteiger partial charge in [0.15, 0.2) is 0 Å². The topological polar surface area (TPSA) is 69.7 Å². The predicted molar refractivity (Wildman–Crippen MR) is 161 cm³/mol. The molecular formula is C33H26N2O4S2. The number of thiophene rings is 1. The van der Waals surface area contributed by atoms with Gasteiger partial charge in [-0.2, -0.15) is 11.3 Å². The van der Waals surface area contributed by atoms with Crippen molar-refractivity contribution in [1.29, 1.82) is 0 Å². The van der Waals surface area contributed by atoms with Gasteiger partial charge in [-0.15, -0.1) is 0 Å². The molecule has 0 spiro atoms. The third-order valence-corrected chi connectivity index (χ3v) is 11.3. The van der Waals surface area contributed by atoms with E-state index in [2.05, 4.69) is 17.0 Å². The molecule has 8 rings (SSSR count). The SMILES string of the molecule is [C-]#[N+]c1sccc1-c1c(-c2cccc(C34CC(C(=O)OC)(C3)C4)c2)n(S(=O)(=O)c2ccc(C)cc2)c2ccccc12. The lowest BCUT2D eigenvalue weighted by Crippen LogP contribution is -2.68. The van der Waals surface area contributed by atoms with Crippen LogP contribution in [0.3, 0.4) is 0 Å². The largest absolute Gasteiger partial charge is 0.469 e. The highest BCUT2D eigenvalue weighted by Crippen LogP contribution is 2.74. The van der Waals surface area contributed by atoms with Crippen molar-refractivity contribution in [2.24, 2.45) is 5.41 Å². The van der Waals surface area contributed by atoms with Crippen LogP contribution in [0.4, 0.5) is 5.00 Å². The Morgan fingerprint density at radius 2 is 1.73 bits per heavy atom. The fourth-order valence-electron chi connectivity index (χ4n) is 6.91. The number of nitrogens with zero attached hydrogens (tertiary/aromatic N) is 2. The fraction of sp³-hybridized carbons (Fsp3) is 0.212. The zero-order chi connectivity index (χ0) is 28.6. The zero-order valence-electron chi connectivity index (χ0n) is 22.5. The van der Waals surface area contributed by atoms with Crippen LogP contribution in [0, 0.1) is 18.9 Å². The Hall–Kier alpha value is -4.19. The molecule has 204 valence electrons. The Morgan fingerprint density at radius 1 is 1.00 bits per heavy atom. The summed E-state index contributed by atoms with van der Waals surface area (Å²) in [5.74, 6) is -0.147. The lowest BCUT2D eigenvalue weighted by Gasteiger charge is -2.69. The number of fused-ring (bicyclic) bond motifs is 1. The summed E-state index contributed by atoms with van der Waals surface area (Å²) in [5.41, 5.74) is 4.85. The minimum atomic E-state index is -4.02. The van der Waals surface area contributed by atoms with Gasteiger partial charge in [-0.3, -0.25) is 4.79 Å². The van der Waals surface area contributed by atoms with Crippen molar-refractivity contribution in [3.05, 3.63) is 107 Å². The molecule has 3 aliphatic rings. The van der Waals surface area contributed by atoms with Crippen molar-refractivity contribution in [2.75, 3.05) is 7.11 Å². The lowest BCUT2D eigenvalue weighted by molar-refractivity contribution is -0.198. The predicted octanol–water partition coefficient (Wildman–Crippen LogP) is 7.73. The molecule has 2 heterocycles. The second kappa shape index (κ2) is 8.90. The van der Waals surface area contributed by atoms with E-state index in [-0.39, 0.29) is 21.7 Å². The first kappa shape index (κ1) is 25.8.